The van der Waals surface area contributed by atoms with Crippen LogP contribution < -0.4 is 0 Å². The van der Waals surface area contributed by atoms with Gasteiger partial charge in [0, 0.05) is 6.04 Å². The highest BCUT2D eigenvalue weighted by atomic mass is 19.3. The molecule has 2 saturated heterocycles. The summed E-state index contributed by atoms with van der Waals surface area (Å²) >= 11 is 0. The zero-order valence-corrected chi connectivity index (χ0v) is 11.9. The van der Waals surface area contributed by atoms with Gasteiger partial charge in [-0.05, 0) is 43.4 Å². The van der Waals surface area contributed by atoms with Crippen LogP contribution in [0.25, 0.3) is 0 Å². The van der Waals surface area contributed by atoms with E-state index >= 15 is 0 Å². The van der Waals surface area contributed by atoms with Gasteiger partial charge < -0.3 is 4.90 Å². The second kappa shape index (κ2) is 5.04. The molecule has 2 fully saturated rings. The Bertz CT molecular complexity index is 562. The van der Waals surface area contributed by atoms with Crippen molar-refractivity contribution in [3.05, 3.63) is 35.6 Å². The van der Waals surface area contributed by atoms with Gasteiger partial charge >= 0.3 is 0 Å². The summed E-state index contributed by atoms with van der Waals surface area (Å²) < 4.78 is 40.3. The van der Waals surface area contributed by atoms with Gasteiger partial charge in [0.1, 0.15) is 11.2 Å². The average molecular weight is 297 g/mol. The number of hydrogen-bond donors (Lipinski definition) is 0. The van der Waals surface area contributed by atoms with E-state index in [1.165, 1.54) is 12.1 Å². The topological polar surface area (TPSA) is 20.3 Å². The van der Waals surface area contributed by atoms with Crippen molar-refractivity contribution in [1.82, 2.24) is 4.90 Å². The van der Waals surface area contributed by atoms with Crippen LogP contribution in [0.15, 0.2) is 24.3 Å². The molecule has 2 aliphatic heterocycles. The molecule has 3 rings (SSSR count). The minimum absolute atomic E-state index is 0.139. The van der Waals surface area contributed by atoms with E-state index in [1.54, 1.807) is 24.0 Å². The minimum Gasteiger partial charge on any atom is -0.332 e. The van der Waals surface area contributed by atoms with Crippen molar-refractivity contribution in [2.75, 3.05) is 0 Å². The molecular formula is C16H18F3NO. The third-order valence-corrected chi connectivity index (χ3v) is 5.04. The van der Waals surface area contributed by atoms with Crippen molar-refractivity contribution < 1.29 is 18.0 Å². The Hall–Kier alpha value is -1.52. The first kappa shape index (κ1) is 14.4. The molecule has 21 heavy (non-hydrogen) atoms. The van der Waals surface area contributed by atoms with Gasteiger partial charge in [0.15, 0.2) is 0 Å². The van der Waals surface area contributed by atoms with E-state index in [9.17, 15) is 18.0 Å². The summed E-state index contributed by atoms with van der Waals surface area (Å²) in [6.45, 7) is 1.64. The van der Waals surface area contributed by atoms with Crippen LogP contribution in [0.2, 0.25) is 0 Å². The molecule has 2 aliphatic rings. The number of carbonyl (C=O) groups excluding carboxylic acids is 1. The third kappa shape index (κ3) is 2.05. The Morgan fingerprint density at radius 2 is 2.14 bits per heavy atom. The first-order valence-corrected chi connectivity index (χ1v) is 7.36. The summed E-state index contributed by atoms with van der Waals surface area (Å²) in [5, 5.41) is 0. The third-order valence-electron chi connectivity index (χ3n) is 5.04. The summed E-state index contributed by atoms with van der Waals surface area (Å²) in [5.74, 6) is -0.824. The molecule has 1 amide bonds. The van der Waals surface area contributed by atoms with Crippen LogP contribution in [0.1, 0.15) is 44.2 Å². The largest absolute Gasteiger partial charge is 0.332 e. The fourth-order valence-electron chi connectivity index (χ4n) is 3.83. The summed E-state index contributed by atoms with van der Waals surface area (Å²) in [6, 6.07) is 5.69. The molecule has 0 N–H and O–H groups in total. The first-order valence-electron chi connectivity index (χ1n) is 7.36. The van der Waals surface area contributed by atoms with E-state index in [0.717, 1.165) is 0 Å². The quantitative estimate of drug-likeness (QED) is 0.828. The first-order chi connectivity index (χ1) is 9.99. The lowest BCUT2D eigenvalue weighted by molar-refractivity contribution is -0.146. The molecule has 0 aromatic heterocycles. The van der Waals surface area contributed by atoms with Crippen LogP contribution in [-0.4, -0.2) is 23.3 Å². The zero-order chi connectivity index (χ0) is 15.2. The average Bonchev–Trinajstić information content (AvgIpc) is 2.98. The molecule has 1 aromatic rings. The molecule has 0 unspecified atom stereocenters. The monoisotopic (exact) mass is 297 g/mol. The molecule has 0 spiro atoms. The van der Waals surface area contributed by atoms with Gasteiger partial charge in [-0.3, -0.25) is 4.79 Å². The Morgan fingerprint density at radius 1 is 1.38 bits per heavy atom. The number of carbonyl (C=O) groups is 1. The van der Waals surface area contributed by atoms with Gasteiger partial charge in [0.2, 0.25) is 5.91 Å². The number of rotatable bonds is 3. The highest BCUT2D eigenvalue weighted by Crippen LogP contribution is 2.52. The Balaban J connectivity index is 1.94. The van der Waals surface area contributed by atoms with Crippen molar-refractivity contribution in [3.8, 4) is 0 Å². The number of nitrogens with zero attached hydrogens (tertiary/aromatic N) is 1. The maximum atomic E-state index is 13.4. The lowest BCUT2D eigenvalue weighted by Gasteiger charge is -2.29. The number of benzene rings is 1. The Morgan fingerprint density at radius 3 is 2.76 bits per heavy atom. The zero-order valence-electron chi connectivity index (χ0n) is 11.9. The maximum absolute atomic E-state index is 13.4. The molecule has 0 radical (unpaired) electrons. The van der Waals surface area contributed by atoms with Gasteiger partial charge in [-0.1, -0.05) is 19.1 Å². The number of hydrogen-bond acceptors (Lipinski definition) is 1. The summed E-state index contributed by atoms with van der Waals surface area (Å²) in [7, 11) is 0. The van der Waals surface area contributed by atoms with Crippen LogP contribution >= 0.6 is 0 Å². The molecule has 0 aliphatic carbocycles. The smallest absolute Gasteiger partial charge is 0.252 e. The molecule has 3 atom stereocenters. The summed E-state index contributed by atoms with van der Waals surface area (Å²) in [4.78, 5) is 14.2. The van der Waals surface area contributed by atoms with E-state index in [-0.39, 0.29) is 30.7 Å². The highest BCUT2D eigenvalue weighted by Gasteiger charge is 2.59. The SMILES string of the molecule is CC[C@@]1(C(F)F)C[C@@H]2CC[C@@H](c3cccc(F)c3)N2C1=O. The van der Waals surface area contributed by atoms with Crippen LogP contribution in [-0.2, 0) is 4.79 Å². The van der Waals surface area contributed by atoms with E-state index in [4.69, 9.17) is 0 Å². The van der Waals surface area contributed by atoms with Gasteiger partial charge in [0.05, 0.1) is 6.04 Å². The van der Waals surface area contributed by atoms with Crippen LogP contribution in [0.3, 0.4) is 0 Å². The van der Waals surface area contributed by atoms with Crippen molar-refractivity contribution in [2.24, 2.45) is 5.41 Å². The van der Waals surface area contributed by atoms with E-state index in [2.05, 4.69) is 0 Å². The van der Waals surface area contributed by atoms with Gasteiger partial charge in [-0.25, -0.2) is 13.2 Å². The standard InChI is InChI=1S/C16H18F3NO/c1-2-16(14(18)19)9-12-6-7-13(20(12)15(16)21)10-4-3-5-11(17)8-10/h3-5,8,12-14H,2,6-7,9H2,1H3/t12-,13-,16-/m0/s1. The van der Waals surface area contributed by atoms with Crippen molar-refractivity contribution >= 4 is 5.91 Å². The summed E-state index contributed by atoms with van der Waals surface area (Å²) in [5.41, 5.74) is -0.844. The van der Waals surface area contributed by atoms with Crippen LogP contribution in [0.5, 0.6) is 0 Å². The van der Waals surface area contributed by atoms with Crippen LogP contribution in [0, 0.1) is 11.2 Å². The normalized spacial score (nSPS) is 32.0. The maximum Gasteiger partial charge on any atom is 0.252 e. The Kier molecular flexibility index (Phi) is 3.46. The molecule has 114 valence electrons. The molecule has 0 saturated carbocycles. The number of amides is 1. The van der Waals surface area contributed by atoms with Gasteiger partial charge in [-0.2, -0.15) is 0 Å². The number of fused-ring (bicyclic) bond motifs is 1. The number of alkyl halides is 2. The molecular weight excluding hydrogens is 279 g/mol. The lowest BCUT2D eigenvalue weighted by Crippen LogP contribution is -2.40. The lowest BCUT2D eigenvalue weighted by atomic mass is 9.81. The Labute approximate surface area is 121 Å². The minimum atomic E-state index is -2.64. The molecule has 2 heterocycles. The molecule has 5 heteroatoms. The van der Waals surface area contributed by atoms with Crippen molar-refractivity contribution in [2.45, 2.75) is 51.1 Å². The molecule has 2 nitrogen and oxygen atoms in total. The molecule has 1 aromatic carbocycles. The van der Waals surface area contributed by atoms with Crippen molar-refractivity contribution in [3.63, 3.8) is 0 Å². The van der Waals surface area contributed by atoms with Gasteiger partial charge in [-0.15, -0.1) is 0 Å². The van der Waals surface area contributed by atoms with Gasteiger partial charge in [0.25, 0.3) is 6.43 Å². The fourth-order valence-corrected chi connectivity index (χ4v) is 3.83. The highest BCUT2D eigenvalue weighted by molar-refractivity contribution is 5.86. The predicted octanol–water partition coefficient (Wildman–Crippen LogP) is 3.92. The molecule has 0 bridgehead atoms. The summed E-state index contributed by atoms with van der Waals surface area (Å²) in [6.07, 6.45) is -0.864. The van der Waals surface area contributed by atoms with E-state index in [0.29, 0.717) is 18.4 Å². The second-order valence-corrected chi connectivity index (χ2v) is 6.03. The van der Waals surface area contributed by atoms with Crippen molar-refractivity contribution in [1.29, 1.82) is 0 Å². The van der Waals surface area contributed by atoms with Crippen LogP contribution in [0.4, 0.5) is 13.2 Å². The van der Waals surface area contributed by atoms with E-state index in [1.807, 2.05) is 0 Å². The van der Waals surface area contributed by atoms with E-state index < -0.39 is 17.7 Å². The second-order valence-electron chi connectivity index (χ2n) is 6.03. The number of halogens is 3. The fraction of sp³-hybridized carbons (Fsp3) is 0.562. The predicted molar refractivity (Wildman–Crippen MR) is 72.4 cm³/mol.